The SMILES string of the molecule is C=CCn1c(COc2ccc3c(c2)CCCC3)nnc1SCC(=O)Nc1nc(C)cs1. The highest BCUT2D eigenvalue weighted by atomic mass is 32.2. The van der Waals surface area contributed by atoms with Crippen LogP contribution in [0.25, 0.3) is 0 Å². The molecule has 3 aromatic rings. The van der Waals surface area contributed by atoms with Crippen molar-refractivity contribution < 1.29 is 9.53 Å². The maximum atomic E-state index is 12.2. The minimum Gasteiger partial charge on any atom is -0.486 e. The molecule has 0 spiro atoms. The number of nitrogens with one attached hydrogen (secondary N) is 1. The Balaban J connectivity index is 1.37. The summed E-state index contributed by atoms with van der Waals surface area (Å²) in [5.74, 6) is 1.65. The van der Waals surface area contributed by atoms with Crippen molar-refractivity contribution in [3.8, 4) is 5.75 Å². The molecule has 7 nitrogen and oxygen atoms in total. The van der Waals surface area contributed by atoms with E-state index in [0.29, 0.717) is 29.3 Å². The van der Waals surface area contributed by atoms with Gasteiger partial charge in [0.05, 0.1) is 11.4 Å². The molecule has 2 aromatic heterocycles. The normalized spacial score (nSPS) is 12.9. The Kier molecular flexibility index (Phi) is 7.03. The average Bonchev–Trinajstić information content (AvgIpc) is 3.36. The third kappa shape index (κ3) is 5.54. The van der Waals surface area contributed by atoms with Crippen LogP contribution < -0.4 is 10.1 Å². The second-order valence-corrected chi connectivity index (χ2v) is 9.16. The molecule has 31 heavy (non-hydrogen) atoms. The number of rotatable bonds is 9. The van der Waals surface area contributed by atoms with Gasteiger partial charge < -0.3 is 10.1 Å². The zero-order chi connectivity index (χ0) is 21.6. The first-order valence-corrected chi connectivity index (χ1v) is 12.1. The van der Waals surface area contributed by atoms with Crippen molar-refractivity contribution in [3.63, 3.8) is 0 Å². The smallest absolute Gasteiger partial charge is 0.236 e. The molecule has 1 aliphatic rings. The number of fused-ring (bicyclic) bond motifs is 1. The minimum atomic E-state index is -0.126. The van der Waals surface area contributed by atoms with Gasteiger partial charge >= 0.3 is 0 Å². The van der Waals surface area contributed by atoms with E-state index in [4.69, 9.17) is 4.74 Å². The van der Waals surface area contributed by atoms with E-state index in [2.05, 4.69) is 39.2 Å². The number of allylic oxidation sites excluding steroid dienone is 1. The fraction of sp³-hybridized carbons (Fsp3) is 0.364. The van der Waals surface area contributed by atoms with E-state index in [9.17, 15) is 4.79 Å². The molecule has 4 rings (SSSR count). The predicted molar refractivity (Wildman–Crippen MR) is 124 cm³/mol. The molecular formula is C22H25N5O2S2. The van der Waals surface area contributed by atoms with Gasteiger partial charge in [-0.1, -0.05) is 23.9 Å². The molecule has 2 heterocycles. The second kappa shape index (κ2) is 10.1. The van der Waals surface area contributed by atoms with Crippen LogP contribution in [0.3, 0.4) is 0 Å². The lowest BCUT2D eigenvalue weighted by atomic mass is 9.92. The van der Waals surface area contributed by atoms with Gasteiger partial charge in [0.15, 0.2) is 16.1 Å². The summed E-state index contributed by atoms with van der Waals surface area (Å²) in [6.07, 6.45) is 6.55. The van der Waals surface area contributed by atoms with E-state index < -0.39 is 0 Å². The Labute approximate surface area is 189 Å². The number of thioether (sulfide) groups is 1. The van der Waals surface area contributed by atoms with Crippen LogP contribution in [0, 0.1) is 6.92 Å². The third-order valence-corrected chi connectivity index (χ3v) is 6.83. The lowest BCUT2D eigenvalue weighted by molar-refractivity contribution is -0.113. The fourth-order valence-electron chi connectivity index (χ4n) is 3.49. The second-order valence-electron chi connectivity index (χ2n) is 7.36. The Morgan fingerprint density at radius 3 is 2.94 bits per heavy atom. The Bertz CT molecular complexity index is 1080. The minimum absolute atomic E-state index is 0.126. The molecule has 9 heteroatoms. The molecule has 0 bridgehead atoms. The van der Waals surface area contributed by atoms with Gasteiger partial charge in [-0.3, -0.25) is 9.36 Å². The number of hydrogen-bond donors (Lipinski definition) is 1. The van der Waals surface area contributed by atoms with E-state index in [1.807, 2.05) is 22.9 Å². The number of ether oxygens (including phenoxy) is 1. The number of nitrogens with zero attached hydrogens (tertiary/aromatic N) is 4. The first-order valence-electron chi connectivity index (χ1n) is 10.2. The summed E-state index contributed by atoms with van der Waals surface area (Å²) in [5, 5.41) is 14.5. The predicted octanol–water partition coefficient (Wildman–Crippen LogP) is 4.42. The molecular weight excluding hydrogens is 430 g/mol. The maximum absolute atomic E-state index is 12.2. The summed E-state index contributed by atoms with van der Waals surface area (Å²) in [5.41, 5.74) is 3.70. The van der Waals surface area contributed by atoms with Crippen LogP contribution in [0.15, 0.2) is 41.4 Å². The fourth-order valence-corrected chi connectivity index (χ4v) is 4.96. The Morgan fingerprint density at radius 2 is 2.16 bits per heavy atom. The van der Waals surface area contributed by atoms with Gasteiger partial charge in [0, 0.05) is 11.9 Å². The van der Waals surface area contributed by atoms with E-state index in [1.165, 1.54) is 47.1 Å². The number of amides is 1. The van der Waals surface area contributed by atoms with Gasteiger partial charge in [0.1, 0.15) is 12.4 Å². The molecule has 0 fully saturated rings. The molecule has 0 aliphatic heterocycles. The van der Waals surface area contributed by atoms with Crippen LogP contribution >= 0.6 is 23.1 Å². The van der Waals surface area contributed by atoms with Crippen molar-refractivity contribution in [2.75, 3.05) is 11.1 Å². The zero-order valence-electron chi connectivity index (χ0n) is 17.5. The molecule has 162 valence electrons. The van der Waals surface area contributed by atoms with Crippen LogP contribution in [0.5, 0.6) is 5.75 Å². The number of aryl methyl sites for hydroxylation is 3. The molecule has 0 radical (unpaired) electrons. The molecule has 1 aromatic carbocycles. The topological polar surface area (TPSA) is 81.9 Å². The van der Waals surface area contributed by atoms with Crippen LogP contribution in [0.2, 0.25) is 0 Å². The Hall–Kier alpha value is -2.65. The van der Waals surface area contributed by atoms with Crippen molar-refractivity contribution in [2.24, 2.45) is 0 Å². The Morgan fingerprint density at radius 1 is 1.32 bits per heavy atom. The number of carbonyl (C=O) groups is 1. The van der Waals surface area contributed by atoms with Crippen molar-refractivity contribution in [1.29, 1.82) is 0 Å². The van der Waals surface area contributed by atoms with Gasteiger partial charge in [-0.2, -0.15) is 0 Å². The van der Waals surface area contributed by atoms with Gasteiger partial charge in [0.2, 0.25) is 5.91 Å². The van der Waals surface area contributed by atoms with Crippen molar-refractivity contribution in [1.82, 2.24) is 19.7 Å². The average molecular weight is 456 g/mol. The molecule has 0 saturated carbocycles. The summed E-state index contributed by atoms with van der Waals surface area (Å²) in [4.78, 5) is 16.5. The first-order chi connectivity index (χ1) is 15.1. The van der Waals surface area contributed by atoms with E-state index in [0.717, 1.165) is 24.3 Å². The number of carbonyl (C=O) groups excluding carboxylic acids is 1. The summed E-state index contributed by atoms with van der Waals surface area (Å²) in [7, 11) is 0. The molecule has 1 N–H and O–H groups in total. The molecule has 0 unspecified atom stereocenters. The summed E-state index contributed by atoms with van der Waals surface area (Å²) in [6, 6.07) is 6.34. The molecule has 1 aliphatic carbocycles. The first kappa shape index (κ1) is 21.6. The highest BCUT2D eigenvalue weighted by molar-refractivity contribution is 7.99. The quantitative estimate of drug-likeness (QED) is 0.380. The number of hydrogen-bond acceptors (Lipinski definition) is 7. The van der Waals surface area contributed by atoms with Crippen molar-refractivity contribution in [3.05, 3.63) is 58.9 Å². The van der Waals surface area contributed by atoms with Crippen LogP contribution in [0.4, 0.5) is 5.13 Å². The maximum Gasteiger partial charge on any atom is 0.236 e. The van der Waals surface area contributed by atoms with Crippen LogP contribution in [0.1, 0.15) is 35.5 Å². The molecule has 0 saturated heterocycles. The zero-order valence-corrected chi connectivity index (χ0v) is 19.1. The third-order valence-electron chi connectivity index (χ3n) is 4.99. The highest BCUT2D eigenvalue weighted by Crippen LogP contribution is 2.26. The van der Waals surface area contributed by atoms with E-state index in [1.54, 1.807) is 6.08 Å². The van der Waals surface area contributed by atoms with Crippen molar-refractivity contribution in [2.45, 2.75) is 50.9 Å². The lowest BCUT2D eigenvalue weighted by Gasteiger charge is -2.16. The largest absolute Gasteiger partial charge is 0.486 e. The van der Waals surface area contributed by atoms with E-state index in [-0.39, 0.29) is 11.7 Å². The van der Waals surface area contributed by atoms with Gasteiger partial charge in [-0.05, 0) is 55.9 Å². The molecule has 0 atom stereocenters. The van der Waals surface area contributed by atoms with E-state index >= 15 is 0 Å². The number of aromatic nitrogens is 4. The van der Waals surface area contributed by atoms with Crippen LogP contribution in [-0.4, -0.2) is 31.4 Å². The highest BCUT2D eigenvalue weighted by Gasteiger charge is 2.15. The monoisotopic (exact) mass is 455 g/mol. The van der Waals surface area contributed by atoms with Crippen LogP contribution in [-0.2, 0) is 30.8 Å². The van der Waals surface area contributed by atoms with Crippen molar-refractivity contribution >= 4 is 34.1 Å². The van der Waals surface area contributed by atoms with Gasteiger partial charge in [-0.25, -0.2) is 4.98 Å². The summed E-state index contributed by atoms with van der Waals surface area (Å²) < 4.78 is 7.94. The van der Waals surface area contributed by atoms with Gasteiger partial charge in [0.25, 0.3) is 0 Å². The summed E-state index contributed by atoms with van der Waals surface area (Å²) in [6.45, 7) is 6.58. The lowest BCUT2D eigenvalue weighted by Crippen LogP contribution is -2.15. The standard InChI is InChI=1S/C22H25N5O2S2/c1-3-10-27-19(12-29-18-9-8-16-6-4-5-7-17(16)11-18)25-26-22(27)31-14-20(28)24-21-23-15(2)13-30-21/h3,8-9,11,13H,1,4-7,10,12,14H2,2H3,(H,23,24,28). The number of thiazole rings is 1. The number of benzene rings is 1. The summed E-state index contributed by atoms with van der Waals surface area (Å²) >= 11 is 2.75. The van der Waals surface area contributed by atoms with Gasteiger partial charge in [-0.15, -0.1) is 28.1 Å². The number of anilines is 1. The molecule has 1 amide bonds.